The van der Waals surface area contributed by atoms with Crippen LogP contribution in [0.4, 0.5) is 5.69 Å². The van der Waals surface area contributed by atoms with Crippen LogP contribution < -0.4 is 10.6 Å². The van der Waals surface area contributed by atoms with E-state index in [-0.39, 0.29) is 18.1 Å². The van der Waals surface area contributed by atoms with E-state index >= 15 is 0 Å². The lowest BCUT2D eigenvalue weighted by Gasteiger charge is -2.08. The number of halogens is 1. The highest BCUT2D eigenvalue weighted by molar-refractivity contribution is 6.31. The van der Waals surface area contributed by atoms with E-state index in [0.717, 1.165) is 5.56 Å². The summed E-state index contributed by atoms with van der Waals surface area (Å²) in [6, 6.07) is 18.7. The predicted octanol–water partition coefficient (Wildman–Crippen LogP) is 3.79. The van der Waals surface area contributed by atoms with Crippen LogP contribution >= 0.6 is 11.6 Å². The first-order valence-corrected chi connectivity index (χ1v) is 8.74. The van der Waals surface area contributed by atoms with Crippen LogP contribution in [0.15, 0.2) is 66.9 Å². The molecule has 138 valence electrons. The summed E-state index contributed by atoms with van der Waals surface area (Å²) in [5.74, 6) is -0.821. The van der Waals surface area contributed by atoms with Crippen LogP contribution in [0, 0.1) is 11.3 Å². The van der Waals surface area contributed by atoms with Gasteiger partial charge in [-0.1, -0.05) is 35.9 Å². The van der Waals surface area contributed by atoms with Gasteiger partial charge in [0.05, 0.1) is 11.6 Å². The summed E-state index contributed by atoms with van der Waals surface area (Å²) < 4.78 is 0. The van der Waals surface area contributed by atoms with Crippen molar-refractivity contribution in [2.45, 2.75) is 6.54 Å². The molecule has 0 saturated heterocycles. The third-order valence-electron chi connectivity index (χ3n) is 3.90. The lowest BCUT2D eigenvalue weighted by atomic mass is 10.1. The van der Waals surface area contributed by atoms with Crippen molar-refractivity contribution in [3.63, 3.8) is 0 Å². The second-order valence-corrected chi connectivity index (χ2v) is 6.26. The Kier molecular flexibility index (Phi) is 6.00. The number of nitriles is 1. The summed E-state index contributed by atoms with van der Waals surface area (Å²) in [5, 5.41) is 14.9. The Bertz CT molecular complexity index is 1080. The lowest BCUT2D eigenvalue weighted by Crippen LogP contribution is -2.24. The van der Waals surface area contributed by atoms with E-state index in [4.69, 9.17) is 16.9 Å². The molecule has 6 nitrogen and oxygen atoms in total. The quantitative estimate of drug-likeness (QED) is 0.692. The van der Waals surface area contributed by atoms with E-state index in [1.54, 1.807) is 30.3 Å². The van der Waals surface area contributed by atoms with Gasteiger partial charge in [-0.15, -0.1) is 0 Å². The summed E-state index contributed by atoms with van der Waals surface area (Å²) in [5.41, 5.74) is 2.09. The summed E-state index contributed by atoms with van der Waals surface area (Å²) in [7, 11) is 0. The molecule has 0 fully saturated rings. The number of carbonyl (C=O) groups excluding carboxylic acids is 2. The van der Waals surface area contributed by atoms with Crippen molar-refractivity contribution in [1.29, 1.82) is 5.26 Å². The molecule has 1 heterocycles. The fraction of sp³-hybridized carbons (Fsp3) is 0.0476. The van der Waals surface area contributed by atoms with Gasteiger partial charge in [-0.3, -0.25) is 14.6 Å². The van der Waals surface area contributed by atoms with E-state index < -0.39 is 5.91 Å². The monoisotopic (exact) mass is 390 g/mol. The van der Waals surface area contributed by atoms with Gasteiger partial charge in [0.25, 0.3) is 11.8 Å². The van der Waals surface area contributed by atoms with Crippen molar-refractivity contribution in [1.82, 2.24) is 10.3 Å². The Balaban J connectivity index is 1.69. The molecule has 0 saturated carbocycles. The van der Waals surface area contributed by atoms with E-state index in [2.05, 4.69) is 15.6 Å². The molecule has 0 aliphatic rings. The number of hydrogen-bond acceptors (Lipinski definition) is 4. The van der Waals surface area contributed by atoms with Crippen molar-refractivity contribution in [3.8, 4) is 6.07 Å². The maximum absolute atomic E-state index is 12.4. The van der Waals surface area contributed by atoms with Crippen molar-refractivity contribution < 1.29 is 9.59 Å². The smallest absolute Gasteiger partial charge is 0.274 e. The molecule has 0 aliphatic heterocycles. The number of benzene rings is 2. The summed E-state index contributed by atoms with van der Waals surface area (Å²) in [6.07, 6.45) is 1.39. The third-order valence-corrected chi connectivity index (χ3v) is 4.27. The Hall–Kier alpha value is -3.69. The second kappa shape index (κ2) is 8.80. The van der Waals surface area contributed by atoms with Gasteiger partial charge >= 0.3 is 0 Å². The first kappa shape index (κ1) is 19.1. The largest absolute Gasteiger partial charge is 0.348 e. The Morgan fingerprint density at radius 1 is 1.04 bits per heavy atom. The number of pyridine rings is 1. The second-order valence-electron chi connectivity index (χ2n) is 5.85. The maximum atomic E-state index is 12.4. The molecule has 0 radical (unpaired) electrons. The van der Waals surface area contributed by atoms with Crippen LogP contribution in [0.3, 0.4) is 0 Å². The van der Waals surface area contributed by atoms with Crippen LogP contribution in [0.1, 0.15) is 32.0 Å². The number of amides is 2. The normalized spacial score (nSPS) is 10.0. The molecule has 28 heavy (non-hydrogen) atoms. The summed E-state index contributed by atoms with van der Waals surface area (Å²) in [6.45, 7) is 0.267. The molecule has 0 aliphatic carbocycles. The van der Waals surface area contributed by atoms with Crippen molar-refractivity contribution in [2.75, 3.05) is 5.32 Å². The molecular formula is C21H15ClN4O2. The fourth-order valence-electron chi connectivity index (χ4n) is 2.48. The third kappa shape index (κ3) is 4.72. The predicted molar refractivity (Wildman–Crippen MR) is 106 cm³/mol. The van der Waals surface area contributed by atoms with Crippen LogP contribution in [0.5, 0.6) is 0 Å². The average molecular weight is 391 g/mol. The molecule has 2 aromatic carbocycles. The van der Waals surface area contributed by atoms with Crippen LogP contribution in [-0.4, -0.2) is 16.8 Å². The number of hydrogen-bond donors (Lipinski definition) is 2. The highest BCUT2D eigenvalue weighted by Gasteiger charge is 2.13. The highest BCUT2D eigenvalue weighted by Crippen LogP contribution is 2.15. The zero-order valence-corrected chi connectivity index (χ0v) is 15.4. The standard InChI is InChI=1S/C21H15ClN4O2/c22-18-7-2-1-5-16(18)13-25-20(27)15-8-9-24-19(11-15)21(28)26-17-6-3-4-14(10-17)12-23/h1-11H,13H2,(H,25,27)(H,26,28). The summed E-state index contributed by atoms with van der Waals surface area (Å²) in [4.78, 5) is 28.8. The molecule has 0 spiro atoms. The van der Waals surface area contributed by atoms with Gasteiger partial charge in [0.1, 0.15) is 5.69 Å². The SMILES string of the molecule is N#Cc1cccc(NC(=O)c2cc(C(=O)NCc3ccccc3Cl)ccn2)c1. The van der Waals surface area contributed by atoms with Crippen LogP contribution in [0.2, 0.25) is 5.02 Å². The minimum atomic E-state index is -0.476. The van der Waals surface area contributed by atoms with Gasteiger partial charge in [0.2, 0.25) is 0 Å². The number of rotatable bonds is 5. The van der Waals surface area contributed by atoms with Gasteiger partial charge in [-0.05, 0) is 42.0 Å². The summed E-state index contributed by atoms with van der Waals surface area (Å²) >= 11 is 6.08. The van der Waals surface area contributed by atoms with E-state index in [9.17, 15) is 9.59 Å². The molecule has 0 atom stereocenters. The van der Waals surface area contributed by atoms with Crippen molar-refractivity contribution in [2.24, 2.45) is 0 Å². The Labute approximate surface area is 166 Å². The molecule has 3 aromatic rings. The Morgan fingerprint density at radius 2 is 1.86 bits per heavy atom. The van der Waals surface area contributed by atoms with Crippen molar-refractivity contribution in [3.05, 3.63) is 94.3 Å². The van der Waals surface area contributed by atoms with Gasteiger partial charge in [-0.25, -0.2) is 0 Å². The average Bonchev–Trinajstić information content (AvgIpc) is 2.73. The van der Waals surface area contributed by atoms with Gasteiger partial charge in [0, 0.05) is 29.0 Å². The zero-order chi connectivity index (χ0) is 19.9. The van der Waals surface area contributed by atoms with Crippen LogP contribution in [0.25, 0.3) is 0 Å². The van der Waals surface area contributed by atoms with E-state index in [0.29, 0.717) is 21.8 Å². The first-order valence-electron chi connectivity index (χ1n) is 8.36. The number of carbonyl (C=O) groups is 2. The van der Waals surface area contributed by atoms with Crippen molar-refractivity contribution >= 4 is 29.1 Å². The maximum Gasteiger partial charge on any atom is 0.274 e. The Morgan fingerprint density at radius 3 is 2.64 bits per heavy atom. The molecule has 0 unspecified atom stereocenters. The molecule has 7 heteroatoms. The van der Waals surface area contributed by atoms with Gasteiger partial charge in [-0.2, -0.15) is 5.26 Å². The van der Waals surface area contributed by atoms with Gasteiger partial charge in [0.15, 0.2) is 0 Å². The topological polar surface area (TPSA) is 94.9 Å². The lowest BCUT2D eigenvalue weighted by molar-refractivity contribution is 0.0951. The number of nitrogens with zero attached hydrogens (tertiary/aromatic N) is 2. The van der Waals surface area contributed by atoms with Crippen LogP contribution in [-0.2, 0) is 6.54 Å². The molecule has 3 rings (SSSR count). The van der Waals surface area contributed by atoms with Gasteiger partial charge < -0.3 is 10.6 Å². The molecule has 2 amide bonds. The van der Waals surface area contributed by atoms with E-state index in [1.165, 1.54) is 18.3 Å². The van der Waals surface area contributed by atoms with E-state index in [1.807, 2.05) is 24.3 Å². The minimum Gasteiger partial charge on any atom is -0.348 e. The fourth-order valence-corrected chi connectivity index (χ4v) is 2.68. The zero-order valence-electron chi connectivity index (χ0n) is 14.6. The number of nitrogens with one attached hydrogen (secondary N) is 2. The minimum absolute atomic E-state index is 0.0905. The number of anilines is 1. The molecule has 0 bridgehead atoms. The number of aromatic nitrogens is 1. The molecule has 2 N–H and O–H groups in total. The molecule has 1 aromatic heterocycles. The highest BCUT2D eigenvalue weighted by atomic mass is 35.5. The molecular weight excluding hydrogens is 376 g/mol. The first-order chi connectivity index (χ1) is 13.6.